The molecular formula is C27H30ClN7O3. The van der Waals surface area contributed by atoms with E-state index in [-0.39, 0.29) is 41.2 Å². The van der Waals surface area contributed by atoms with Gasteiger partial charge in [0.1, 0.15) is 23.6 Å². The van der Waals surface area contributed by atoms with Crippen LogP contribution in [0, 0.1) is 5.92 Å². The van der Waals surface area contributed by atoms with Crippen LogP contribution in [0.15, 0.2) is 36.4 Å². The van der Waals surface area contributed by atoms with Crippen LogP contribution in [0.4, 0.5) is 11.5 Å². The number of fused-ring (bicyclic) bond motifs is 3. The van der Waals surface area contributed by atoms with E-state index in [9.17, 15) is 14.4 Å². The minimum atomic E-state index is -0.636. The molecule has 11 heteroatoms. The molecule has 3 N–H and O–H groups in total. The van der Waals surface area contributed by atoms with Gasteiger partial charge in [-0.2, -0.15) is 5.10 Å². The maximum atomic E-state index is 13.7. The molecule has 0 radical (unpaired) electrons. The van der Waals surface area contributed by atoms with Gasteiger partial charge in [-0.1, -0.05) is 17.7 Å². The fourth-order valence-electron chi connectivity index (χ4n) is 6.39. The zero-order valence-corrected chi connectivity index (χ0v) is 21.7. The highest BCUT2D eigenvalue weighted by atomic mass is 35.5. The lowest BCUT2D eigenvalue weighted by atomic mass is 9.97. The van der Waals surface area contributed by atoms with Gasteiger partial charge in [-0.15, -0.1) is 0 Å². The van der Waals surface area contributed by atoms with Gasteiger partial charge in [-0.3, -0.25) is 19.1 Å². The molecule has 4 heterocycles. The number of carbonyl (C=O) groups excluding carboxylic acids is 3. The van der Waals surface area contributed by atoms with Gasteiger partial charge in [0.2, 0.25) is 11.8 Å². The number of anilines is 2. The molecule has 3 amide bonds. The molecule has 1 saturated carbocycles. The molecule has 3 atom stereocenters. The summed E-state index contributed by atoms with van der Waals surface area (Å²) in [6.07, 6.45) is 6.03. The van der Waals surface area contributed by atoms with E-state index in [1.807, 2.05) is 18.2 Å². The van der Waals surface area contributed by atoms with E-state index in [4.69, 9.17) is 17.3 Å². The first-order valence-corrected chi connectivity index (χ1v) is 13.6. The van der Waals surface area contributed by atoms with E-state index in [0.717, 1.165) is 50.9 Å². The molecule has 1 aromatic carbocycles. The Morgan fingerprint density at radius 1 is 1.08 bits per heavy atom. The predicted octanol–water partition coefficient (Wildman–Crippen LogP) is 3.19. The summed E-state index contributed by atoms with van der Waals surface area (Å²) in [6.45, 7) is 1.85. The highest BCUT2D eigenvalue weighted by molar-refractivity contribution is 6.29. The molecule has 3 fully saturated rings. The fraction of sp³-hybridized carbons (Fsp3) is 0.444. The van der Waals surface area contributed by atoms with Crippen LogP contribution in [0.1, 0.15) is 49.0 Å². The monoisotopic (exact) mass is 535 g/mol. The molecule has 3 aliphatic rings. The predicted molar refractivity (Wildman–Crippen MR) is 144 cm³/mol. The number of piperidine rings is 2. The summed E-state index contributed by atoms with van der Waals surface area (Å²) < 4.78 is 1.54. The van der Waals surface area contributed by atoms with E-state index in [1.165, 1.54) is 11.1 Å². The van der Waals surface area contributed by atoms with Gasteiger partial charge in [0.25, 0.3) is 5.91 Å². The fourth-order valence-corrected chi connectivity index (χ4v) is 6.55. The Labute approximate surface area is 225 Å². The van der Waals surface area contributed by atoms with Crippen molar-refractivity contribution in [2.75, 3.05) is 23.3 Å². The lowest BCUT2D eigenvalue weighted by Crippen LogP contribution is -2.52. The van der Waals surface area contributed by atoms with Crippen LogP contribution in [-0.2, 0) is 16.1 Å². The van der Waals surface area contributed by atoms with Crippen LogP contribution in [-0.4, -0.2) is 62.6 Å². The lowest BCUT2D eigenvalue weighted by molar-refractivity contribution is -0.141. The first-order valence-electron chi connectivity index (χ1n) is 13.2. The van der Waals surface area contributed by atoms with Crippen molar-refractivity contribution in [3.05, 3.63) is 47.2 Å². The number of nitrogens with one attached hydrogen (secondary N) is 1. The minimum Gasteiger partial charge on any atom is -0.372 e. The summed E-state index contributed by atoms with van der Waals surface area (Å²) >= 11 is 5.97. The quantitative estimate of drug-likeness (QED) is 0.467. The number of benzene rings is 1. The zero-order chi connectivity index (χ0) is 26.4. The number of hydrogen-bond donors (Lipinski definition) is 2. The average molecular weight is 536 g/mol. The molecule has 2 aromatic heterocycles. The zero-order valence-electron chi connectivity index (χ0n) is 21.0. The van der Waals surface area contributed by atoms with E-state index >= 15 is 0 Å². The standard InChI is InChI=1S/C27H30ClN7O3/c28-21-5-4-6-22(30-21)31-27(38)25-16-7-8-18(13-16)35(25)23(36)15-34-20-10-9-17(33-11-2-1-3-12-33)14-19(20)24(32-34)26(29)37/h4-6,9-10,14,16,18,25H,1-3,7-8,11-13,15H2,(H2,29,37)(H,30,31,38)/t16-,18-,25-/m0/s1. The third-order valence-electron chi connectivity index (χ3n) is 8.08. The summed E-state index contributed by atoms with van der Waals surface area (Å²) in [5.41, 5.74) is 7.52. The number of primary amides is 1. The normalized spacial score (nSPS) is 22.7. The van der Waals surface area contributed by atoms with Crippen LogP contribution >= 0.6 is 11.6 Å². The summed E-state index contributed by atoms with van der Waals surface area (Å²) in [5, 5.41) is 8.19. The third kappa shape index (κ3) is 4.47. The molecule has 6 rings (SSSR count). The Kier molecular flexibility index (Phi) is 6.43. The Hall–Kier alpha value is -3.66. The van der Waals surface area contributed by atoms with Gasteiger partial charge in [0.15, 0.2) is 5.69 Å². The summed E-state index contributed by atoms with van der Waals surface area (Å²) in [7, 11) is 0. The molecule has 1 aliphatic carbocycles. The highest BCUT2D eigenvalue weighted by Gasteiger charge is 2.51. The Balaban J connectivity index is 1.26. The van der Waals surface area contributed by atoms with Crippen molar-refractivity contribution in [1.82, 2.24) is 19.7 Å². The molecule has 38 heavy (non-hydrogen) atoms. The van der Waals surface area contributed by atoms with E-state index in [2.05, 4.69) is 20.3 Å². The smallest absolute Gasteiger partial charge is 0.269 e. The van der Waals surface area contributed by atoms with Crippen molar-refractivity contribution in [2.24, 2.45) is 11.7 Å². The number of nitrogens with two attached hydrogens (primary N) is 1. The van der Waals surface area contributed by atoms with Gasteiger partial charge in [-0.05, 0) is 74.8 Å². The van der Waals surface area contributed by atoms with E-state index < -0.39 is 11.9 Å². The van der Waals surface area contributed by atoms with Crippen LogP contribution in [0.3, 0.4) is 0 Å². The van der Waals surface area contributed by atoms with E-state index in [1.54, 1.807) is 23.1 Å². The molecule has 2 aliphatic heterocycles. The summed E-state index contributed by atoms with van der Waals surface area (Å²) in [5.74, 6) is -0.674. The molecule has 0 spiro atoms. The number of rotatable bonds is 6. The number of aromatic nitrogens is 3. The van der Waals surface area contributed by atoms with Gasteiger partial charge in [-0.25, -0.2) is 4.98 Å². The number of carbonyl (C=O) groups is 3. The molecule has 2 saturated heterocycles. The maximum absolute atomic E-state index is 13.7. The minimum absolute atomic E-state index is 0.00119. The van der Waals surface area contributed by atoms with Gasteiger partial charge >= 0.3 is 0 Å². The second-order valence-electron chi connectivity index (χ2n) is 10.4. The van der Waals surface area contributed by atoms with Gasteiger partial charge in [0.05, 0.1) is 5.52 Å². The topological polar surface area (TPSA) is 126 Å². The average Bonchev–Trinajstić information content (AvgIpc) is 3.62. The molecule has 2 bridgehead atoms. The van der Waals surface area contributed by atoms with Crippen molar-refractivity contribution < 1.29 is 14.4 Å². The largest absolute Gasteiger partial charge is 0.372 e. The van der Waals surface area contributed by atoms with Gasteiger partial charge < -0.3 is 20.9 Å². The highest BCUT2D eigenvalue weighted by Crippen LogP contribution is 2.43. The SMILES string of the molecule is NC(=O)c1nn(CC(=O)N2[C@H]3CC[C@@H](C3)[C@H]2C(=O)Nc2cccc(Cl)n2)c2ccc(N3CCCCC3)cc12. The first kappa shape index (κ1) is 24.7. The molecule has 3 aromatic rings. The lowest BCUT2D eigenvalue weighted by Gasteiger charge is -2.34. The Morgan fingerprint density at radius 2 is 1.89 bits per heavy atom. The van der Waals surface area contributed by atoms with Crippen molar-refractivity contribution in [2.45, 2.75) is 57.2 Å². The van der Waals surface area contributed by atoms with Crippen LogP contribution < -0.4 is 16.0 Å². The molecular weight excluding hydrogens is 506 g/mol. The Bertz CT molecular complexity index is 1420. The number of nitrogens with zero attached hydrogens (tertiary/aromatic N) is 5. The number of likely N-dealkylation sites (tertiary alicyclic amines) is 1. The number of amides is 3. The first-order chi connectivity index (χ1) is 18.4. The summed E-state index contributed by atoms with van der Waals surface area (Å²) in [4.78, 5) is 47.4. The molecule has 10 nitrogen and oxygen atoms in total. The van der Waals surface area contributed by atoms with Gasteiger partial charge in [0, 0.05) is 30.2 Å². The Morgan fingerprint density at radius 3 is 2.66 bits per heavy atom. The maximum Gasteiger partial charge on any atom is 0.269 e. The summed E-state index contributed by atoms with van der Waals surface area (Å²) in [6, 6.07) is 10.3. The van der Waals surface area contributed by atoms with Crippen molar-refractivity contribution in [1.29, 1.82) is 0 Å². The van der Waals surface area contributed by atoms with Crippen LogP contribution in [0.25, 0.3) is 10.9 Å². The number of hydrogen-bond acceptors (Lipinski definition) is 6. The number of halogens is 1. The van der Waals surface area contributed by atoms with Crippen molar-refractivity contribution in [3.8, 4) is 0 Å². The molecule has 0 unspecified atom stereocenters. The number of pyridine rings is 1. The van der Waals surface area contributed by atoms with Crippen LogP contribution in [0.5, 0.6) is 0 Å². The third-order valence-corrected chi connectivity index (χ3v) is 8.29. The van der Waals surface area contributed by atoms with Crippen LogP contribution in [0.2, 0.25) is 5.15 Å². The molecule has 198 valence electrons. The van der Waals surface area contributed by atoms with E-state index in [0.29, 0.717) is 16.7 Å². The van der Waals surface area contributed by atoms with Crippen molar-refractivity contribution in [3.63, 3.8) is 0 Å². The second-order valence-corrected chi connectivity index (χ2v) is 10.8. The second kappa shape index (κ2) is 9.90. The van der Waals surface area contributed by atoms with Crippen molar-refractivity contribution >= 4 is 51.7 Å².